The first-order valence-corrected chi connectivity index (χ1v) is 23.7. The average Bonchev–Trinajstić information content (AvgIpc) is 4.10. The number of benzene rings is 6. The SMILES string of the molecule is CN1CCN(c2cccc3[nH]c(=O)oc23)CC1.O=c1[nH]c2cccc(N3CCN(Cc4cccc(-c5ccccc5)c4)CC3)c2o1.O=c1[nH]c2cccc(N3CCN(Cc4ccccc4)CC3)c2o1. The zero-order valence-corrected chi connectivity index (χ0v) is 38.8. The number of hydrogen-bond acceptors (Lipinski definition) is 12. The number of oxazole rings is 3. The zero-order valence-electron chi connectivity index (χ0n) is 38.8. The molecule has 6 heterocycles. The van der Waals surface area contributed by atoms with Crippen LogP contribution >= 0.6 is 0 Å². The van der Waals surface area contributed by atoms with Gasteiger partial charge in [0.15, 0.2) is 16.7 Å². The van der Waals surface area contributed by atoms with Crippen LogP contribution in [-0.2, 0) is 13.1 Å². The number of nitrogens with zero attached hydrogens (tertiary/aromatic N) is 6. The quantitative estimate of drug-likeness (QED) is 0.139. The van der Waals surface area contributed by atoms with Crippen LogP contribution in [-0.4, -0.2) is 115 Å². The molecule has 3 N–H and O–H groups in total. The number of para-hydroxylation sites is 3. The number of piperazine rings is 3. The molecule has 6 aromatic carbocycles. The molecule has 0 spiro atoms. The number of fused-ring (bicyclic) bond motifs is 3. The molecule has 3 fully saturated rings. The molecule has 12 rings (SSSR count). The number of aromatic nitrogens is 3. The summed E-state index contributed by atoms with van der Waals surface area (Å²) in [7, 11) is 2.12. The number of likely N-dealkylation sites (N-methyl/N-ethyl adjacent to an activating group) is 1. The van der Waals surface area contributed by atoms with Crippen molar-refractivity contribution in [3.63, 3.8) is 0 Å². The molecule has 9 aromatic rings. The van der Waals surface area contributed by atoms with E-state index in [0.717, 1.165) is 125 Å². The molecule has 0 bridgehead atoms. The van der Waals surface area contributed by atoms with Gasteiger partial charge in [0.1, 0.15) is 0 Å². The first-order chi connectivity index (χ1) is 33.8. The van der Waals surface area contributed by atoms with E-state index in [0.29, 0.717) is 16.7 Å². The lowest BCUT2D eigenvalue weighted by Crippen LogP contribution is -2.46. The smallest absolute Gasteiger partial charge is 0.406 e. The van der Waals surface area contributed by atoms with Crippen LogP contribution in [0.4, 0.5) is 17.1 Å². The van der Waals surface area contributed by atoms with Gasteiger partial charge in [-0.1, -0.05) is 97.1 Å². The van der Waals surface area contributed by atoms with Crippen molar-refractivity contribution in [3.8, 4) is 11.1 Å². The third kappa shape index (κ3) is 10.8. The largest absolute Gasteiger partial charge is 0.417 e. The third-order valence-electron chi connectivity index (χ3n) is 13.2. The van der Waals surface area contributed by atoms with Gasteiger partial charge in [-0.15, -0.1) is 0 Å². The molecule has 0 saturated carbocycles. The molecule has 15 nitrogen and oxygen atoms in total. The summed E-state index contributed by atoms with van der Waals surface area (Å²) >= 11 is 0. The Morgan fingerprint density at radius 1 is 0.391 bits per heavy atom. The van der Waals surface area contributed by atoms with Crippen molar-refractivity contribution in [1.82, 2.24) is 29.7 Å². The van der Waals surface area contributed by atoms with Gasteiger partial charge in [-0.3, -0.25) is 24.8 Å². The monoisotopic (exact) mass is 927 g/mol. The fourth-order valence-electron chi connectivity index (χ4n) is 9.54. The lowest BCUT2D eigenvalue weighted by Gasteiger charge is -2.36. The number of H-pyrrole nitrogens is 3. The Bertz CT molecular complexity index is 3280. The van der Waals surface area contributed by atoms with E-state index in [2.05, 4.69) is 124 Å². The van der Waals surface area contributed by atoms with Gasteiger partial charge >= 0.3 is 17.3 Å². The van der Waals surface area contributed by atoms with E-state index in [4.69, 9.17) is 13.3 Å². The Labute approximate surface area is 398 Å². The lowest BCUT2D eigenvalue weighted by molar-refractivity contribution is 0.250. The summed E-state index contributed by atoms with van der Waals surface area (Å²) in [4.78, 5) is 56.5. The molecule has 0 amide bonds. The molecular formula is C54H57N9O6. The van der Waals surface area contributed by atoms with E-state index in [1.165, 1.54) is 22.3 Å². The fourth-order valence-corrected chi connectivity index (χ4v) is 9.54. The first kappa shape index (κ1) is 45.2. The van der Waals surface area contributed by atoms with Crippen LogP contribution in [0.5, 0.6) is 0 Å². The van der Waals surface area contributed by atoms with Crippen LogP contribution in [0.25, 0.3) is 44.4 Å². The minimum absolute atomic E-state index is 0.387. The number of anilines is 3. The van der Waals surface area contributed by atoms with Crippen molar-refractivity contribution < 1.29 is 13.3 Å². The highest BCUT2D eigenvalue weighted by molar-refractivity contribution is 5.88. The summed E-state index contributed by atoms with van der Waals surface area (Å²) in [6.07, 6.45) is 0. The van der Waals surface area contributed by atoms with E-state index in [1.54, 1.807) is 0 Å². The second-order valence-corrected chi connectivity index (χ2v) is 17.9. The molecule has 0 radical (unpaired) electrons. The van der Waals surface area contributed by atoms with Crippen LogP contribution in [0.15, 0.2) is 167 Å². The van der Waals surface area contributed by atoms with Gasteiger partial charge in [-0.25, -0.2) is 14.4 Å². The molecule has 354 valence electrons. The topological polar surface area (TPSA) is 157 Å². The summed E-state index contributed by atoms with van der Waals surface area (Å²) in [5.74, 6) is -1.18. The molecule has 69 heavy (non-hydrogen) atoms. The van der Waals surface area contributed by atoms with Gasteiger partial charge in [0.25, 0.3) is 0 Å². The summed E-state index contributed by atoms with van der Waals surface area (Å²) in [6.45, 7) is 13.5. The highest BCUT2D eigenvalue weighted by atomic mass is 16.4. The highest BCUT2D eigenvalue weighted by Gasteiger charge is 2.23. The van der Waals surface area contributed by atoms with Crippen molar-refractivity contribution >= 4 is 50.4 Å². The second-order valence-electron chi connectivity index (χ2n) is 17.9. The van der Waals surface area contributed by atoms with Gasteiger partial charge in [0.2, 0.25) is 0 Å². The van der Waals surface area contributed by atoms with Crippen molar-refractivity contribution in [2.75, 3.05) is 100 Å². The van der Waals surface area contributed by atoms with Gasteiger partial charge in [-0.05, 0) is 71.8 Å². The second kappa shape index (κ2) is 20.7. The van der Waals surface area contributed by atoms with Crippen LogP contribution in [0.1, 0.15) is 11.1 Å². The predicted octanol–water partition coefficient (Wildman–Crippen LogP) is 7.43. The summed E-state index contributed by atoms with van der Waals surface area (Å²) in [6, 6.07) is 47.4. The Morgan fingerprint density at radius 2 is 0.754 bits per heavy atom. The molecule has 0 aliphatic carbocycles. The minimum Gasteiger partial charge on any atom is -0.406 e. The van der Waals surface area contributed by atoms with Crippen molar-refractivity contribution in [3.05, 3.63) is 182 Å². The molecule has 3 aromatic heterocycles. The van der Waals surface area contributed by atoms with Crippen LogP contribution in [0.2, 0.25) is 0 Å². The van der Waals surface area contributed by atoms with Gasteiger partial charge < -0.3 is 32.9 Å². The summed E-state index contributed by atoms with van der Waals surface area (Å²) in [5.41, 5.74) is 12.5. The Balaban J connectivity index is 0.000000124. The van der Waals surface area contributed by atoms with E-state index in [-0.39, 0.29) is 5.76 Å². The van der Waals surface area contributed by atoms with Crippen molar-refractivity contribution in [2.24, 2.45) is 0 Å². The van der Waals surface area contributed by atoms with Gasteiger partial charge in [0.05, 0.1) is 33.6 Å². The lowest BCUT2D eigenvalue weighted by atomic mass is 10.0. The normalized spacial score (nSPS) is 16.1. The van der Waals surface area contributed by atoms with Crippen LogP contribution in [0.3, 0.4) is 0 Å². The fraction of sp³-hybridized carbons (Fsp3) is 0.278. The summed E-state index contributed by atoms with van der Waals surface area (Å²) in [5, 5.41) is 0. The number of aromatic amines is 3. The third-order valence-corrected chi connectivity index (χ3v) is 13.2. The van der Waals surface area contributed by atoms with E-state index in [1.807, 2.05) is 66.7 Å². The van der Waals surface area contributed by atoms with Crippen LogP contribution in [0, 0.1) is 0 Å². The number of rotatable bonds is 8. The van der Waals surface area contributed by atoms with Gasteiger partial charge in [0, 0.05) is 91.6 Å². The summed E-state index contributed by atoms with van der Waals surface area (Å²) < 4.78 is 15.9. The molecule has 3 aliphatic rings. The number of nitrogens with one attached hydrogen (secondary N) is 3. The zero-order chi connectivity index (χ0) is 47.1. The average molecular weight is 928 g/mol. The minimum atomic E-state index is -0.399. The van der Waals surface area contributed by atoms with E-state index >= 15 is 0 Å². The molecule has 3 saturated heterocycles. The van der Waals surface area contributed by atoms with Crippen LogP contribution < -0.4 is 32.0 Å². The molecule has 0 atom stereocenters. The van der Waals surface area contributed by atoms with Crippen molar-refractivity contribution in [1.29, 1.82) is 0 Å². The highest BCUT2D eigenvalue weighted by Crippen LogP contribution is 2.29. The molecule has 0 unspecified atom stereocenters. The molecule has 15 heteroatoms. The van der Waals surface area contributed by atoms with E-state index < -0.39 is 11.5 Å². The van der Waals surface area contributed by atoms with Gasteiger partial charge in [-0.2, -0.15) is 0 Å². The maximum atomic E-state index is 11.6. The Hall–Kier alpha value is -7.59. The maximum Gasteiger partial charge on any atom is 0.417 e. The molecular weight excluding hydrogens is 871 g/mol. The predicted molar refractivity (Wildman–Crippen MR) is 274 cm³/mol. The number of hydrogen-bond donors (Lipinski definition) is 3. The molecule has 3 aliphatic heterocycles. The maximum absolute atomic E-state index is 11.6. The standard InChI is InChI=1S/C24H23N3O2.C18H19N3O2.C12H15N3O2/c28-24-25-21-10-5-11-22(23(21)29-24)27-14-12-26(13-15-27)17-18-6-4-9-20(16-18)19-7-2-1-3-8-19;22-18-19-15-7-4-8-16(17(15)23-18)21-11-9-20(10-12-21)13-14-5-2-1-3-6-14;1-14-5-7-15(8-6-14)10-4-2-3-9-11(10)17-12(16)13-9/h1-11,16H,12-15,17H2,(H,25,28);1-8H,9-13H2,(H,19,22);2-4H,5-8H2,1H3,(H,13,16). The Kier molecular flexibility index (Phi) is 13.6. The van der Waals surface area contributed by atoms with E-state index in [9.17, 15) is 14.4 Å². The van der Waals surface area contributed by atoms with Crippen molar-refractivity contribution in [2.45, 2.75) is 13.1 Å². The first-order valence-electron chi connectivity index (χ1n) is 23.7. The Morgan fingerprint density at radius 3 is 1.20 bits per heavy atom.